The van der Waals surface area contributed by atoms with Crippen LogP contribution < -0.4 is 0 Å². The molecule has 0 bridgehead atoms. The number of halogens is 5. The fourth-order valence-electron chi connectivity index (χ4n) is 4.87. The smallest absolute Gasteiger partial charge is 0.385 e. The summed E-state index contributed by atoms with van der Waals surface area (Å²) in [5, 5.41) is 22.1. The summed E-state index contributed by atoms with van der Waals surface area (Å²) in [5.74, 6) is -2.09. The van der Waals surface area contributed by atoms with Crippen LogP contribution in [-0.4, -0.2) is 47.8 Å². The van der Waals surface area contributed by atoms with Gasteiger partial charge < -0.3 is 19.5 Å². The molecular formula is C24H25ClF4N2O5. The van der Waals surface area contributed by atoms with Crippen LogP contribution in [0.25, 0.3) is 0 Å². The van der Waals surface area contributed by atoms with Gasteiger partial charge in [-0.1, -0.05) is 17.7 Å². The van der Waals surface area contributed by atoms with E-state index in [-0.39, 0.29) is 43.6 Å². The Balaban J connectivity index is 1.39. The molecule has 0 radical (unpaired) electrons. The molecule has 0 spiro atoms. The van der Waals surface area contributed by atoms with Crippen molar-refractivity contribution in [3.63, 3.8) is 0 Å². The van der Waals surface area contributed by atoms with E-state index in [0.29, 0.717) is 26.1 Å². The van der Waals surface area contributed by atoms with Gasteiger partial charge in [0.2, 0.25) is 5.79 Å². The molecule has 2 saturated heterocycles. The molecule has 2 aliphatic rings. The lowest BCUT2D eigenvalue weighted by Crippen LogP contribution is -2.43. The highest BCUT2D eigenvalue weighted by Gasteiger charge is 2.43. The summed E-state index contributed by atoms with van der Waals surface area (Å²) in [7, 11) is 0. The molecule has 0 amide bonds. The Morgan fingerprint density at radius 2 is 1.78 bits per heavy atom. The Kier molecular flexibility index (Phi) is 7.59. The number of alkyl halides is 3. The maximum absolute atomic E-state index is 13.6. The number of hydrogen-bond acceptors (Lipinski definition) is 6. The number of likely N-dealkylation sites (tertiary alicyclic amines) is 1. The lowest BCUT2D eigenvalue weighted by molar-refractivity contribution is -0.388. The number of nitro benzene ring substituents is 1. The number of piperidine rings is 1. The van der Waals surface area contributed by atoms with Crippen molar-refractivity contribution >= 4 is 17.3 Å². The molecule has 4 rings (SSSR count). The van der Waals surface area contributed by atoms with Gasteiger partial charge in [0, 0.05) is 19.5 Å². The highest BCUT2D eigenvalue weighted by molar-refractivity contribution is 6.31. The van der Waals surface area contributed by atoms with Gasteiger partial charge in [0.1, 0.15) is 5.82 Å². The molecule has 0 unspecified atom stereocenters. The van der Waals surface area contributed by atoms with E-state index in [1.165, 1.54) is 12.1 Å². The lowest BCUT2D eigenvalue weighted by Gasteiger charge is -2.39. The molecule has 2 aromatic rings. The van der Waals surface area contributed by atoms with Crippen LogP contribution in [-0.2, 0) is 27.0 Å². The summed E-state index contributed by atoms with van der Waals surface area (Å²) in [6, 6.07) is 6.75. The SMILES string of the molecule is O=[N+]([O-])c1cc(F)ccc1C1(CCCN2CCC(O)(c3ccc(Cl)c(C(F)(F)F)c3)CC2)OCCO1. The van der Waals surface area contributed by atoms with E-state index in [4.69, 9.17) is 21.1 Å². The molecule has 2 heterocycles. The van der Waals surface area contributed by atoms with Gasteiger partial charge in [-0.15, -0.1) is 0 Å². The quantitative estimate of drug-likeness (QED) is 0.293. The number of rotatable bonds is 7. The van der Waals surface area contributed by atoms with Gasteiger partial charge in [0.25, 0.3) is 5.69 Å². The number of ether oxygens (including phenoxy) is 2. The fourth-order valence-corrected chi connectivity index (χ4v) is 5.09. The highest BCUT2D eigenvalue weighted by Crippen LogP contribution is 2.42. The van der Waals surface area contributed by atoms with Gasteiger partial charge in [0.15, 0.2) is 0 Å². The first-order chi connectivity index (χ1) is 16.9. The number of hydrogen-bond donors (Lipinski definition) is 1. The molecule has 0 saturated carbocycles. The zero-order chi connectivity index (χ0) is 26.1. The summed E-state index contributed by atoms with van der Waals surface area (Å²) in [6.07, 6.45) is -3.36. The van der Waals surface area contributed by atoms with Gasteiger partial charge in [-0.3, -0.25) is 10.1 Å². The maximum Gasteiger partial charge on any atom is 0.417 e. The minimum atomic E-state index is -4.62. The molecule has 36 heavy (non-hydrogen) atoms. The molecule has 7 nitrogen and oxygen atoms in total. The van der Waals surface area contributed by atoms with Crippen molar-refractivity contribution in [2.24, 2.45) is 0 Å². The molecule has 0 atom stereocenters. The number of aliphatic hydroxyl groups is 1. The largest absolute Gasteiger partial charge is 0.417 e. The molecule has 12 heteroatoms. The average Bonchev–Trinajstić information content (AvgIpc) is 3.29. The Morgan fingerprint density at radius 1 is 1.11 bits per heavy atom. The Bertz CT molecular complexity index is 1120. The van der Waals surface area contributed by atoms with Crippen LogP contribution >= 0.6 is 11.6 Å². The molecule has 2 aliphatic heterocycles. The topological polar surface area (TPSA) is 85.1 Å². The molecule has 0 aromatic heterocycles. The average molecular weight is 533 g/mol. The third-order valence-electron chi connectivity index (χ3n) is 6.79. The van der Waals surface area contributed by atoms with Gasteiger partial charge in [-0.05, 0) is 55.6 Å². The van der Waals surface area contributed by atoms with Crippen LogP contribution in [0.5, 0.6) is 0 Å². The summed E-state index contributed by atoms with van der Waals surface area (Å²) in [4.78, 5) is 12.9. The molecule has 1 N–H and O–H groups in total. The number of nitro groups is 1. The fraction of sp³-hybridized carbons (Fsp3) is 0.500. The summed E-state index contributed by atoms with van der Waals surface area (Å²) >= 11 is 5.70. The van der Waals surface area contributed by atoms with E-state index in [1.807, 2.05) is 0 Å². The first-order valence-electron chi connectivity index (χ1n) is 11.5. The van der Waals surface area contributed by atoms with E-state index >= 15 is 0 Å². The van der Waals surface area contributed by atoms with Crippen LogP contribution in [0.2, 0.25) is 5.02 Å². The predicted octanol–water partition coefficient (Wildman–Crippen LogP) is 5.37. The van der Waals surface area contributed by atoms with E-state index in [9.17, 15) is 32.8 Å². The number of benzene rings is 2. The van der Waals surface area contributed by atoms with E-state index in [2.05, 4.69) is 4.90 Å². The first-order valence-corrected chi connectivity index (χ1v) is 11.9. The van der Waals surface area contributed by atoms with Crippen molar-refractivity contribution in [2.75, 3.05) is 32.8 Å². The number of nitrogens with zero attached hydrogens (tertiary/aromatic N) is 2. The van der Waals surface area contributed by atoms with Crippen molar-refractivity contribution < 1.29 is 37.1 Å². The van der Waals surface area contributed by atoms with Gasteiger partial charge >= 0.3 is 6.18 Å². The lowest BCUT2D eigenvalue weighted by atomic mass is 9.83. The van der Waals surface area contributed by atoms with Crippen LogP contribution in [0.3, 0.4) is 0 Å². The van der Waals surface area contributed by atoms with E-state index < -0.39 is 44.6 Å². The van der Waals surface area contributed by atoms with Crippen molar-refractivity contribution in [3.8, 4) is 0 Å². The standard InChI is InChI=1S/C24H25ClF4N2O5/c25-20-5-2-16(14-19(20)24(27,28)29)22(32)7-10-30(11-8-22)9-1-6-23(35-12-13-36-23)18-4-3-17(26)15-21(18)31(33)34/h2-5,14-15,32H,1,6-13H2. The van der Waals surface area contributed by atoms with Crippen molar-refractivity contribution in [1.29, 1.82) is 0 Å². The minimum Gasteiger partial charge on any atom is -0.385 e. The summed E-state index contributed by atoms with van der Waals surface area (Å²) in [5.41, 5.74) is -2.47. The second kappa shape index (κ2) is 10.2. The molecule has 2 aromatic carbocycles. The first kappa shape index (κ1) is 26.7. The normalized spacial score (nSPS) is 19.9. The zero-order valence-corrected chi connectivity index (χ0v) is 19.9. The van der Waals surface area contributed by atoms with Crippen LogP contribution in [0.15, 0.2) is 36.4 Å². The predicted molar refractivity (Wildman–Crippen MR) is 122 cm³/mol. The highest BCUT2D eigenvalue weighted by atomic mass is 35.5. The second-order valence-electron chi connectivity index (χ2n) is 9.04. The molecular weight excluding hydrogens is 508 g/mol. The zero-order valence-electron chi connectivity index (χ0n) is 19.2. The van der Waals surface area contributed by atoms with Crippen molar-refractivity contribution in [3.05, 3.63) is 74.0 Å². The Labute approximate surface area is 209 Å². The van der Waals surface area contributed by atoms with Gasteiger partial charge in [0.05, 0.1) is 46.0 Å². The van der Waals surface area contributed by atoms with Crippen molar-refractivity contribution in [1.82, 2.24) is 4.90 Å². The Morgan fingerprint density at radius 3 is 2.39 bits per heavy atom. The van der Waals surface area contributed by atoms with Gasteiger partial charge in [-0.25, -0.2) is 4.39 Å². The third-order valence-corrected chi connectivity index (χ3v) is 7.12. The Hall–Kier alpha value is -2.31. The van der Waals surface area contributed by atoms with E-state index in [1.54, 1.807) is 0 Å². The summed E-state index contributed by atoms with van der Waals surface area (Å²) < 4.78 is 64.9. The van der Waals surface area contributed by atoms with Crippen LogP contribution in [0, 0.1) is 15.9 Å². The van der Waals surface area contributed by atoms with Crippen LogP contribution in [0.4, 0.5) is 23.2 Å². The third kappa shape index (κ3) is 5.50. The molecule has 2 fully saturated rings. The monoisotopic (exact) mass is 532 g/mol. The van der Waals surface area contributed by atoms with Crippen LogP contribution in [0.1, 0.15) is 42.4 Å². The molecule has 196 valence electrons. The second-order valence-corrected chi connectivity index (χ2v) is 9.44. The summed E-state index contributed by atoms with van der Waals surface area (Å²) in [6.45, 7) is 1.91. The maximum atomic E-state index is 13.6. The van der Waals surface area contributed by atoms with E-state index in [0.717, 1.165) is 24.3 Å². The minimum absolute atomic E-state index is 0.155. The molecule has 0 aliphatic carbocycles. The van der Waals surface area contributed by atoms with Gasteiger partial charge in [-0.2, -0.15) is 13.2 Å². The van der Waals surface area contributed by atoms with Crippen molar-refractivity contribution in [2.45, 2.75) is 43.2 Å².